The van der Waals surface area contributed by atoms with E-state index in [2.05, 4.69) is 20.6 Å². The molecule has 8 nitrogen and oxygen atoms in total. The van der Waals surface area contributed by atoms with Gasteiger partial charge in [-0.2, -0.15) is 5.10 Å². The molecule has 0 radical (unpaired) electrons. The molecule has 0 atom stereocenters. The van der Waals surface area contributed by atoms with E-state index in [9.17, 15) is 15.2 Å². The van der Waals surface area contributed by atoms with Gasteiger partial charge in [0.05, 0.1) is 22.3 Å². The molecule has 1 aliphatic heterocycles. The van der Waals surface area contributed by atoms with Gasteiger partial charge in [-0.3, -0.25) is 15.5 Å². The maximum Gasteiger partial charge on any atom is 0.269 e. The highest BCUT2D eigenvalue weighted by Crippen LogP contribution is 2.19. The second kappa shape index (κ2) is 9.28. The maximum absolute atomic E-state index is 12.1. The molecule has 0 saturated heterocycles. The lowest BCUT2D eigenvalue weighted by Gasteiger charge is -2.17. The molecular weight excluding hydrogens is 378 g/mol. The SMILES string of the molecule is O=[N+]([O-])c1ccc(SNC([O-])=NNC(=C2C=CC=CN2)c2ccccc2)cc1. The highest BCUT2D eigenvalue weighted by molar-refractivity contribution is 7.98. The smallest absolute Gasteiger partial charge is 0.269 e. The van der Waals surface area contributed by atoms with Gasteiger partial charge in [-0.05, 0) is 36.2 Å². The van der Waals surface area contributed by atoms with E-state index in [1.165, 1.54) is 12.1 Å². The number of rotatable bonds is 6. The summed E-state index contributed by atoms with van der Waals surface area (Å²) in [5.74, 6) is 0. The molecule has 1 aliphatic rings. The number of non-ortho nitro benzene ring substituents is 1. The number of amidine groups is 1. The normalized spacial score (nSPS) is 14.9. The molecule has 2 aromatic rings. The van der Waals surface area contributed by atoms with Gasteiger partial charge in [0.15, 0.2) is 0 Å². The highest BCUT2D eigenvalue weighted by Gasteiger charge is 2.07. The molecule has 2 aromatic carbocycles. The average molecular weight is 394 g/mol. The summed E-state index contributed by atoms with van der Waals surface area (Å²) in [6.45, 7) is 0. The zero-order chi connectivity index (χ0) is 19.8. The van der Waals surface area contributed by atoms with Crippen molar-refractivity contribution in [3.8, 4) is 0 Å². The minimum Gasteiger partial charge on any atom is -0.844 e. The fourth-order valence-corrected chi connectivity index (χ4v) is 2.82. The van der Waals surface area contributed by atoms with E-state index in [-0.39, 0.29) is 5.69 Å². The average Bonchev–Trinajstić information content (AvgIpc) is 2.74. The minimum absolute atomic E-state index is 0.0109. The number of benzene rings is 2. The molecule has 142 valence electrons. The number of nitrogens with zero attached hydrogens (tertiary/aromatic N) is 2. The number of hydrogen-bond acceptors (Lipinski definition) is 7. The lowest BCUT2D eigenvalue weighted by atomic mass is 10.1. The van der Waals surface area contributed by atoms with E-state index in [1.54, 1.807) is 18.3 Å². The summed E-state index contributed by atoms with van der Waals surface area (Å²) in [7, 11) is 0. The Morgan fingerprint density at radius 2 is 1.82 bits per heavy atom. The Labute approximate surface area is 165 Å². The van der Waals surface area contributed by atoms with Gasteiger partial charge < -0.3 is 15.1 Å². The molecule has 0 unspecified atom stereocenters. The van der Waals surface area contributed by atoms with Gasteiger partial charge in [-0.1, -0.05) is 36.4 Å². The summed E-state index contributed by atoms with van der Waals surface area (Å²) in [4.78, 5) is 10.8. The van der Waals surface area contributed by atoms with Crippen molar-refractivity contribution in [1.82, 2.24) is 15.5 Å². The van der Waals surface area contributed by atoms with E-state index in [0.717, 1.165) is 23.2 Å². The number of nitro groups is 1. The van der Waals surface area contributed by atoms with E-state index < -0.39 is 10.9 Å². The van der Waals surface area contributed by atoms with Gasteiger partial charge >= 0.3 is 0 Å². The molecule has 0 saturated carbocycles. The summed E-state index contributed by atoms with van der Waals surface area (Å²) in [6, 6.07) is 14.8. The molecule has 3 N–H and O–H groups in total. The van der Waals surface area contributed by atoms with Crippen LogP contribution in [0.2, 0.25) is 0 Å². The van der Waals surface area contributed by atoms with Crippen molar-refractivity contribution in [1.29, 1.82) is 0 Å². The number of nitrogens with one attached hydrogen (secondary N) is 3. The number of dihydropyridines is 1. The summed E-state index contributed by atoms with van der Waals surface area (Å²) < 4.78 is 2.56. The number of nitro benzene ring substituents is 1. The van der Waals surface area contributed by atoms with E-state index >= 15 is 0 Å². The summed E-state index contributed by atoms with van der Waals surface area (Å²) in [5.41, 5.74) is 5.08. The van der Waals surface area contributed by atoms with Crippen molar-refractivity contribution in [3.05, 3.63) is 100 Å². The van der Waals surface area contributed by atoms with Crippen molar-refractivity contribution < 1.29 is 10.0 Å². The van der Waals surface area contributed by atoms with Crippen LogP contribution in [0.3, 0.4) is 0 Å². The molecule has 0 amide bonds. The van der Waals surface area contributed by atoms with Crippen LogP contribution >= 0.6 is 11.9 Å². The molecule has 0 aromatic heterocycles. The van der Waals surface area contributed by atoms with Crippen molar-refractivity contribution in [2.24, 2.45) is 5.10 Å². The molecule has 0 fully saturated rings. The molecule has 0 spiro atoms. The first-order chi connectivity index (χ1) is 13.6. The largest absolute Gasteiger partial charge is 0.844 e. The number of hydrogen-bond donors (Lipinski definition) is 3. The third kappa shape index (κ3) is 5.15. The Hall–Kier alpha value is -3.72. The predicted molar refractivity (Wildman–Crippen MR) is 107 cm³/mol. The Balaban J connectivity index is 1.68. The van der Waals surface area contributed by atoms with Gasteiger partial charge in [0.25, 0.3) is 5.69 Å². The molecule has 9 heteroatoms. The van der Waals surface area contributed by atoms with E-state index in [0.29, 0.717) is 10.6 Å². The first-order valence-corrected chi connectivity index (χ1v) is 9.02. The lowest BCUT2D eigenvalue weighted by molar-refractivity contribution is -0.384. The first-order valence-electron chi connectivity index (χ1n) is 8.21. The monoisotopic (exact) mass is 394 g/mol. The van der Waals surface area contributed by atoms with Crippen LogP contribution in [0.15, 0.2) is 94.7 Å². The third-order valence-corrected chi connectivity index (χ3v) is 4.40. The quantitative estimate of drug-likeness (QED) is 0.227. The standard InChI is InChI=1S/C19H17N5O3S/c25-19(23-28-16-11-9-15(10-12-16)24(26)27)22-21-18(14-6-2-1-3-7-14)17-8-4-5-13-20-17/h1-13,20-21H,(H2,22,23,25)/p-1. The van der Waals surface area contributed by atoms with Crippen LogP contribution in [-0.2, 0) is 0 Å². The maximum atomic E-state index is 12.1. The second-order valence-electron chi connectivity index (χ2n) is 5.50. The summed E-state index contributed by atoms with van der Waals surface area (Å²) in [6.07, 6.45) is 7.39. The van der Waals surface area contributed by atoms with Crippen molar-refractivity contribution in [3.63, 3.8) is 0 Å². The first kappa shape index (κ1) is 19.1. The van der Waals surface area contributed by atoms with Crippen LogP contribution in [0, 0.1) is 10.1 Å². The molecule has 0 bridgehead atoms. The van der Waals surface area contributed by atoms with Crippen LogP contribution in [0.4, 0.5) is 5.69 Å². The van der Waals surface area contributed by atoms with Crippen LogP contribution in [-0.4, -0.2) is 10.9 Å². The molecular formula is C19H16N5O3S-. The van der Waals surface area contributed by atoms with E-state index in [4.69, 9.17) is 0 Å². The topological polar surface area (TPSA) is 115 Å². The van der Waals surface area contributed by atoms with Gasteiger partial charge in [0.2, 0.25) is 0 Å². The zero-order valence-corrected chi connectivity index (χ0v) is 15.3. The van der Waals surface area contributed by atoms with E-state index in [1.807, 2.05) is 48.6 Å². The molecule has 1 heterocycles. The molecule has 0 aliphatic carbocycles. The highest BCUT2D eigenvalue weighted by atomic mass is 32.2. The van der Waals surface area contributed by atoms with Crippen LogP contribution < -0.4 is 20.6 Å². The van der Waals surface area contributed by atoms with Gasteiger partial charge in [0, 0.05) is 28.8 Å². The Bertz CT molecular complexity index is 953. The summed E-state index contributed by atoms with van der Waals surface area (Å²) in [5, 5.41) is 29.7. The van der Waals surface area contributed by atoms with Gasteiger partial charge in [-0.15, -0.1) is 0 Å². The van der Waals surface area contributed by atoms with Crippen LogP contribution in [0.25, 0.3) is 5.70 Å². The van der Waals surface area contributed by atoms with Crippen molar-refractivity contribution in [2.75, 3.05) is 0 Å². The Morgan fingerprint density at radius 1 is 1.07 bits per heavy atom. The Kier molecular flexibility index (Phi) is 6.32. The van der Waals surface area contributed by atoms with Gasteiger partial charge in [-0.25, -0.2) is 0 Å². The van der Waals surface area contributed by atoms with Crippen molar-refractivity contribution in [2.45, 2.75) is 4.90 Å². The number of hydrazone groups is 1. The fourth-order valence-electron chi connectivity index (χ4n) is 2.30. The Morgan fingerprint density at radius 3 is 2.46 bits per heavy atom. The van der Waals surface area contributed by atoms with Gasteiger partial charge in [0.1, 0.15) is 0 Å². The van der Waals surface area contributed by atoms with Crippen molar-refractivity contribution >= 4 is 29.4 Å². The third-order valence-electron chi connectivity index (χ3n) is 3.61. The number of allylic oxidation sites excluding steroid dienone is 3. The minimum atomic E-state index is -0.590. The molecule has 3 rings (SSSR count). The summed E-state index contributed by atoms with van der Waals surface area (Å²) >= 11 is 1.02. The predicted octanol–water partition coefficient (Wildman–Crippen LogP) is 2.45. The molecule has 28 heavy (non-hydrogen) atoms. The lowest BCUT2D eigenvalue weighted by Crippen LogP contribution is -2.32. The van der Waals surface area contributed by atoms with Crippen LogP contribution in [0.1, 0.15) is 5.56 Å². The zero-order valence-electron chi connectivity index (χ0n) is 14.5. The van der Waals surface area contributed by atoms with Crippen LogP contribution in [0.5, 0.6) is 0 Å². The second-order valence-corrected chi connectivity index (χ2v) is 6.38. The fraction of sp³-hybridized carbons (Fsp3) is 0.